The van der Waals surface area contributed by atoms with Gasteiger partial charge >= 0.3 is 0 Å². The van der Waals surface area contributed by atoms with Crippen molar-refractivity contribution in [1.82, 2.24) is 5.32 Å². The van der Waals surface area contributed by atoms with Gasteiger partial charge in [-0.2, -0.15) is 0 Å². The van der Waals surface area contributed by atoms with Gasteiger partial charge in [-0.1, -0.05) is 18.5 Å². The molecule has 0 saturated carbocycles. The molecular formula is C10H12BrClN2S. The predicted octanol–water partition coefficient (Wildman–Crippen LogP) is 3.80. The molecule has 0 radical (unpaired) electrons. The maximum atomic E-state index is 5.83. The Morgan fingerprint density at radius 2 is 2.27 bits per heavy atom. The summed E-state index contributed by atoms with van der Waals surface area (Å²) < 4.78 is 0.899. The molecule has 0 unspecified atom stereocenters. The van der Waals surface area contributed by atoms with E-state index < -0.39 is 0 Å². The van der Waals surface area contributed by atoms with Gasteiger partial charge in [0.05, 0.1) is 5.69 Å². The Kier molecular flexibility index (Phi) is 5.36. The zero-order valence-corrected chi connectivity index (χ0v) is 11.5. The predicted molar refractivity (Wildman–Crippen MR) is 73.7 cm³/mol. The minimum absolute atomic E-state index is 0.625. The zero-order chi connectivity index (χ0) is 11.3. The molecule has 2 N–H and O–H groups in total. The second kappa shape index (κ2) is 6.30. The van der Waals surface area contributed by atoms with E-state index in [1.807, 2.05) is 18.2 Å². The van der Waals surface area contributed by atoms with Gasteiger partial charge in [-0.15, -0.1) is 0 Å². The lowest BCUT2D eigenvalue weighted by Crippen LogP contribution is -2.28. The summed E-state index contributed by atoms with van der Waals surface area (Å²) >= 11 is 14.4. The van der Waals surface area contributed by atoms with Crippen molar-refractivity contribution < 1.29 is 0 Å². The van der Waals surface area contributed by atoms with Gasteiger partial charge in [0.2, 0.25) is 0 Å². The van der Waals surface area contributed by atoms with Crippen LogP contribution in [0.15, 0.2) is 22.7 Å². The van der Waals surface area contributed by atoms with Gasteiger partial charge in [-0.3, -0.25) is 0 Å². The summed E-state index contributed by atoms with van der Waals surface area (Å²) in [6, 6.07) is 5.52. The number of halogens is 2. The van der Waals surface area contributed by atoms with Crippen LogP contribution in [0.5, 0.6) is 0 Å². The van der Waals surface area contributed by atoms with Crippen LogP contribution in [-0.2, 0) is 0 Å². The van der Waals surface area contributed by atoms with Crippen molar-refractivity contribution in [1.29, 1.82) is 0 Å². The summed E-state index contributed by atoms with van der Waals surface area (Å²) in [5.74, 6) is 0. The van der Waals surface area contributed by atoms with Crippen LogP contribution in [0.3, 0.4) is 0 Å². The molecular weight excluding hydrogens is 296 g/mol. The van der Waals surface area contributed by atoms with Crippen LogP contribution in [0, 0.1) is 0 Å². The molecule has 0 aliphatic rings. The molecule has 15 heavy (non-hydrogen) atoms. The minimum Gasteiger partial charge on any atom is -0.362 e. The summed E-state index contributed by atoms with van der Waals surface area (Å²) in [5, 5.41) is 7.50. The number of anilines is 1. The Morgan fingerprint density at radius 3 is 2.87 bits per heavy atom. The van der Waals surface area contributed by atoms with E-state index in [0.717, 1.165) is 23.1 Å². The second-order valence-electron chi connectivity index (χ2n) is 3.01. The lowest BCUT2D eigenvalue weighted by Gasteiger charge is -2.11. The van der Waals surface area contributed by atoms with Crippen molar-refractivity contribution in [2.45, 2.75) is 13.3 Å². The van der Waals surface area contributed by atoms with Crippen LogP contribution in [-0.4, -0.2) is 11.7 Å². The second-order valence-corrected chi connectivity index (χ2v) is 4.70. The Morgan fingerprint density at radius 1 is 1.53 bits per heavy atom. The topological polar surface area (TPSA) is 24.1 Å². The third kappa shape index (κ3) is 4.36. The summed E-state index contributed by atoms with van der Waals surface area (Å²) in [5.41, 5.74) is 0.910. The highest BCUT2D eigenvalue weighted by molar-refractivity contribution is 9.10. The molecule has 5 heteroatoms. The van der Waals surface area contributed by atoms with Crippen LogP contribution >= 0.6 is 39.7 Å². The van der Waals surface area contributed by atoms with E-state index in [9.17, 15) is 0 Å². The van der Waals surface area contributed by atoms with E-state index in [2.05, 4.69) is 33.5 Å². The van der Waals surface area contributed by atoms with Gasteiger partial charge in [-0.25, -0.2) is 0 Å². The van der Waals surface area contributed by atoms with E-state index in [4.69, 9.17) is 23.8 Å². The molecule has 0 aliphatic carbocycles. The van der Waals surface area contributed by atoms with Crippen molar-refractivity contribution in [3.63, 3.8) is 0 Å². The minimum atomic E-state index is 0.625. The van der Waals surface area contributed by atoms with Gasteiger partial charge in [-0.05, 0) is 52.8 Å². The molecule has 0 aliphatic heterocycles. The number of benzene rings is 1. The lowest BCUT2D eigenvalue weighted by atomic mass is 10.3. The lowest BCUT2D eigenvalue weighted by molar-refractivity contribution is 0.846. The van der Waals surface area contributed by atoms with E-state index in [1.165, 1.54) is 0 Å². The number of nitrogens with one attached hydrogen (secondary N) is 2. The van der Waals surface area contributed by atoms with E-state index >= 15 is 0 Å². The highest BCUT2D eigenvalue weighted by atomic mass is 79.9. The molecule has 0 bridgehead atoms. The fourth-order valence-corrected chi connectivity index (χ4v) is 1.99. The average Bonchev–Trinajstić information content (AvgIpc) is 2.19. The SMILES string of the molecule is CCCNC(=S)Nc1ccc(Cl)cc1Br. The van der Waals surface area contributed by atoms with Crippen LogP contribution in [0.1, 0.15) is 13.3 Å². The monoisotopic (exact) mass is 306 g/mol. The maximum Gasteiger partial charge on any atom is 0.170 e. The van der Waals surface area contributed by atoms with Crippen molar-refractivity contribution >= 4 is 50.5 Å². The normalized spacial score (nSPS) is 9.80. The van der Waals surface area contributed by atoms with Crippen molar-refractivity contribution in [3.8, 4) is 0 Å². The first kappa shape index (κ1) is 12.7. The molecule has 1 aromatic carbocycles. The number of thiocarbonyl (C=S) groups is 1. The summed E-state index contributed by atoms with van der Waals surface area (Å²) in [4.78, 5) is 0. The number of rotatable bonds is 3. The molecule has 0 aromatic heterocycles. The van der Waals surface area contributed by atoms with Gasteiger partial charge in [0, 0.05) is 16.0 Å². The van der Waals surface area contributed by atoms with E-state index in [0.29, 0.717) is 10.1 Å². The number of hydrogen-bond donors (Lipinski definition) is 2. The van der Waals surface area contributed by atoms with Crippen molar-refractivity contribution in [2.75, 3.05) is 11.9 Å². The molecule has 2 nitrogen and oxygen atoms in total. The van der Waals surface area contributed by atoms with Gasteiger partial charge < -0.3 is 10.6 Å². The van der Waals surface area contributed by atoms with Crippen LogP contribution in [0.4, 0.5) is 5.69 Å². The highest BCUT2D eigenvalue weighted by Gasteiger charge is 2.02. The molecule has 1 rings (SSSR count). The summed E-state index contributed by atoms with van der Waals surface area (Å²) in [6.45, 7) is 2.96. The molecule has 0 fully saturated rings. The largest absolute Gasteiger partial charge is 0.362 e. The highest BCUT2D eigenvalue weighted by Crippen LogP contribution is 2.25. The molecule has 0 spiro atoms. The Labute approximate surface area is 109 Å². The van der Waals surface area contributed by atoms with Gasteiger partial charge in [0.15, 0.2) is 5.11 Å². The molecule has 0 saturated heterocycles. The van der Waals surface area contributed by atoms with E-state index in [-0.39, 0.29) is 0 Å². The smallest absolute Gasteiger partial charge is 0.170 e. The summed E-state index contributed by atoms with van der Waals surface area (Å²) in [6.07, 6.45) is 1.05. The number of hydrogen-bond acceptors (Lipinski definition) is 1. The average molecular weight is 308 g/mol. The van der Waals surface area contributed by atoms with Crippen LogP contribution < -0.4 is 10.6 Å². The fraction of sp³-hybridized carbons (Fsp3) is 0.300. The first-order chi connectivity index (χ1) is 7.13. The van der Waals surface area contributed by atoms with E-state index in [1.54, 1.807) is 0 Å². The molecule has 0 amide bonds. The molecule has 0 atom stereocenters. The molecule has 82 valence electrons. The molecule has 1 aromatic rings. The first-order valence-electron chi connectivity index (χ1n) is 4.63. The van der Waals surface area contributed by atoms with Gasteiger partial charge in [0.25, 0.3) is 0 Å². The van der Waals surface area contributed by atoms with Gasteiger partial charge in [0.1, 0.15) is 0 Å². The molecule has 0 heterocycles. The standard InChI is InChI=1S/C10H12BrClN2S/c1-2-5-13-10(15)14-9-4-3-7(12)6-8(9)11/h3-4,6H,2,5H2,1H3,(H2,13,14,15). The zero-order valence-electron chi connectivity index (χ0n) is 8.31. The fourth-order valence-electron chi connectivity index (χ4n) is 0.996. The Bertz CT molecular complexity index is 357. The Hall–Kier alpha value is -0.320. The van der Waals surface area contributed by atoms with Crippen LogP contribution in [0.2, 0.25) is 5.02 Å². The van der Waals surface area contributed by atoms with Crippen LogP contribution in [0.25, 0.3) is 0 Å². The summed E-state index contributed by atoms with van der Waals surface area (Å²) in [7, 11) is 0. The van der Waals surface area contributed by atoms with Crippen molar-refractivity contribution in [2.24, 2.45) is 0 Å². The van der Waals surface area contributed by atoms with Crippen molar-refractivity contribution in [3.05, 3.63) is 27.7 Å². The maximum absolute atomic E-state index is 5.83. The quantitative estimate of drug-likeness (QED) is 0.831. The third-order valence-corrected chi connectivity index (χ3v) is 2.85. The third-order valence-electron chi connectivity index (χ3n) is 1.71. The first-order valence-corrected chi connectivity index (χ1v) is 6.21. The Balaban J connectivity index is 2.60.